The fraction of sp³-hybridized carbons (Fsp3) is 0.375. The Kier molecular flexibility index (Phi) is 2.90. The van der Waals surface area contributed by atoms with Crippen LogP contribution >= 0.6 is 0 Å². The molecule has 0 saturated heterocycles. The molecule has 1 aromatic rings. The third-order valence-corrected chi connectivity index (χ3v) is 1.11. The van der Waals surface area contributed by atoms with Crippen LogP contribution in [0.15, 0.2) is 18.3 Å². The van der Waals surface area contributed by atoms with E-state index in [4.69, 9.17) is 4.74 Å². The highest BCUT2D eigenvalue weighted by atomic mass is 16.5. The van der Waals surface area contributed by atoms with E-state index in [0.29, 0.717) is 6.61 Å². The Morgan fingerprint density at radius 2 is 2.60 bits per heavy atom. The summed E-state index contributed by atoms with van der Waals surface area (Å²) in [6.07, 6.45) is 1.74. The van der Waals surface area contributed by atoms with E-state index in [2.05, 4.69) is 11.1 Å². The third-order valence-electron chi connectivity index (χ3n) is 1.11. The van der Waals surface area contributed by atoms with Crippen LogP contribution < -0.4 is 0 Å². The summed E-state index contributed by atoms with van der Waals surface area (Å²) in [6.45, 7) is 3.25. The minimum Gasteiger partial charge on any atom is -0.375 e. The van der Waals surface area contributed by atoms with E-state index in [-0.39, 0.29) is 0 Å². The Morgan fingerprint density at radius 1 is 1.70 bits per heavy atom. The highest BCUT2D eigenvalue weighted by molar-refractivity contribution is 4.99. The molecule has 0 aliphatic heterocycles. The number of rotatable bonds is 3. The van der Waals surface area contributed by atoms with Gasteiger partial charge in [-0.05, 0) is 13.0 Å². The molecule has 1 rings (SSSR count). The van der Waals surface area contributed by atoms with E-state index in [1.54, 1.807) is 6.20 Å². The number of ether oxygens (including phenoxy) is 1. The highest BCUT2D eigenvalue weighted by Gasteiger charge is 1.89. The van der Waals surface area contributed by atoms with Crippen molar-refractivity contribution in [2.75, 3.05) is 6.61 Å². The van der Waals surface area contributed by atoms with Gasteiger partial charge in [0.2, 0.25) is 0 Å². The zero-order chi connectivity index (χ0) is 7.23. The lowest BCUT2D eigenvalue weighted by molar-refractivity contribution is 0.131. The van der Waals surface area contributed by atoms with Gasteiger partial charge >= 0.3 is 0 Å². The molecule has 0 bridgehead atoms. The van der Waals surface area contributed by atoms with Gasteiger partial charge in [-0.15, -0.1) is 0 Å². The molecule has 0 spiro atoms. The lowest BCUT2D eigenvalue weighted by Gasteiger charge is -1.97. The fourth-order valence-corrected chi connectivity index (χ4v) is 0.635. The smallest absolute Gasteiger partial charge is 0.0894 e. The van der Waals surface area contributed by atoms with Crippen molar-refractivity contribution >= 4 is 0 Å². The molecule has 2 heteroatoms. The van der Waals surface area contributed by atoms with Gasteiger partial charge in [0, 0.05) is 18.9 Å². The maximum absolute atomic E-state index is 5.13. The van der Waals surface area contributed by atoms with Crippen molar-refractivity contribution in [2.24, 2.45) is 0 Å². The quantitative estimate of drug-likeness (QED) is 0.627. The molecule has 0 aliphatic rings. The molecule has 1 aromatic heterocycles. The van der Waals surface area contributed by atoms with Gasteiger partial charge in [-0.3, -0.25) is 4.98 Å². The van der Waals surface area contributed by atoms with Crippen molar-refractivity contribution in [3.63, 3.8) is 0 Å². The standard InChI is InChI=1S/C8H10NO/c1-2-10-7-8-5-3-4-6-9-8/h3-4,6H,2,7H2,1H3. The molecule has 0 unspecified atom stereocenters. The summed E-state index contributed by atoms with van der Waals surface area (Å²) >= 11 is 0. The van der Waals surface area contributed by atoms with Crippen LogP contribution in [0.25, 0.3) is 0 Å². The molecule has 1 radical (unpaired) electrons. The molecular formula is C8H10NO. The molecule has 0 atom stereocenters. The number of hydrogen-bond acceptors (Lipinski definition) is 2. The summed E-state index contributed by atoms with van der Waals surface area (Å²) in [4.78, 5) is 4.04. The predicted octanol–water partition coefficient (Wildman–Crippen LogP) is 1.42. The molecule has 0 N–H and O–H groups in total. The summed E-state index contributed by atoms with van der Waals surface area (Å²) in [5, 5.41) is 0. The monoisotopic (exact) mass is 136 g/mol. The minimum atomic E-state index is 0.567. The van der Waals surface area contributed by atoms with Gasteiger partial charge in [-0.1, -0.05) is 6.07 Å². The Morgan fingerprint density at radius 3 is 3.20 bits per heavy atom. The zero-order valence-corrected chi connectivity index (χ0v) is 6.00. The third kappa shape index (κ3) is 2.15. The van der Waals surface area contributed by atoms with Crippen molar-refractivity contribution in [3.05, 3.63) is 30.1 Å². The molecule has 1 heterocycles. The Labute approximate surface area is 60.9 Å². The van der Waals surface area contributed by atoms with Crippen molar-refractivity contribution in [1.29, 1.82) is 0 Å². The van der Waals surface area contributed by atoms with Crippen LogP contribution in [0.5, 0.6) is 0 Å². The lowest BCUT2D eigenvalue weighted by Crippen LogP contribution is -1.93. The van der Waals surface area contributed by atoms with Crippen LogP contribution in [0.2, 0.25) is 0 Å². The molecule has 2 nitrogen and oxygen atoms in total. The highest BCUT2D eigenvalue weighted by Crippen LogP contribution is 1.93. The predicted molar refractivity (Wildman–Crippen MR) is 38.4 cm³/mol. The van der Waals surface area contributed by atoms with Crippen LogP contribution in [0.1, 0.15) is 12.6 Å². The SMILES string of the molecule is CCOCc1[c]cccn1. The van der Waals surface area contributed by atoms with Gasteiger partial charge in [0.25, 0.3) is 0 Å². The van der Waals surface area contributed by atoms with Crippen molar-refractivity contribution < 1.29 is 4.74 Å². The van der Waals surface area contributed by atoms with E-state index in [9.17, 15) is 0 Å². The van der Waals surface area contributed by atoms with Crippen molar-refractivity contribution in [2.45, 2.75) is 13.5 Å². The normalized spacial score (nSPS) is 9.70. The second-order valence-corrected chi connectivity index (χ2v) is 1.87. The van der Waals surface area contributed by atoms with Crippen molar-refractivity contribution in [3.8, 4) is 0 Å². The van der Waals surface area contributed by atoms with Gasteiger partial charge < -0.3 is 4.74 Å². The zero-order valence-electron chi connectivity index (χ0n) is 6.00. The summed E-state index contributed by atoms with van der Waals surface area (Å²) in [5.74, 6) is 0. The van der Waals surface area contributed by atoms with E-state index >= 15 is 0 Å². The molecule has 0 aliphatic carbocycles. The lowest BCUT2D eigenvalue weighted by atomic mass is 10.4. The number of hydrogen-bond donors (Lipinski definition) is 0. The van der Waals surface area contributed by atoms with Crippen LogP contribution in [0, 0.1) is 6.07 Å². The number of pyridine rings is 1. The first-order chi connectivity index (χ1) is 4.93. The molecule has 10 heavy (non-hydrogen) atoms. The first-order valence-electron chi connectivity index (χ1n) is 3.33. The fourth-order valence-electron chi connectivity index (χ4n) is 0.635. The second-order valence-electron chi connectivity index (χ2n) is 1.87. The molecule has 0 saturated carbocycles. The molecular weight excluding hydrogens is 126 g/mol. The summed E-state index contributed by atoms with van der Waals surface area (Å²) in [7, 11) is 0. The maximum Gasteiger partial charge on any atom is 0.0894 e. The topological polar surface area (TPSA) is 22.1 Å². The first-order valence-corrected chi connectivity index (χ1v) is 3.33. The van der Waals surface area contributed by atoms with Crippen LogP contribution in [-0.2, 0) is 11.3 Å². The Balaban J connectivity index is 2.43. The molecule has 0 aromatic carbocycles. The first kappa shape index (κ1) is 7.22. The van der Waals surface area contributed by atoms with Gasteiger partial charge in [0.15, 0.2) is 0 Å². The summed E-state index contributed by atoms with van der Waals surface area (Å²) < 4.78 is 5.13. The van der Waals surface area contributed by atoms with E-state index in [0.717, 1.165) is 12.3 Å². The molecule has 0 amide bonds. The van der Waals surface area contributed by atoms with Crippen LogP contribution in [0.4, 0.5) is 0 Å². The van der Waals surface area contributed by atoms with Gasteiger partial charge in [-0.25, -0.2) is 0 Å². The Bertz CT molecular complexity index is 174. The maximum atomic E-state index is 5.13. The van der Waals surface area contributed by atoms with Crippen LogP contribution in [-0.4, -0.2) is 11.6 Å². The van der Waals surface area contributed by atoms with E-state index < -0.39 is 0 Å². The van der Waals surface area contributed by atoms with Crippen molar-refractivity contribution in [1.82, 2.24) is 4.98 Å². The number of aromatic nitrogens is 1. The average Bonchev–Trinajstić information content (AvgIpc) is 2.03. The average molecular weight is 136 g/mol. The second kappa shape index (κ2) is 4.01. The van der Waals surface area contributed by atoms with Gasteiger partial charge in [-0.2, -0.15) is 0 Å². The molecule has 0 fully saturated rings. The minimum absolute atomic E-state index is 0.567. The van der Waals surface area contributed by atoms with Crippen LogP contribution in [0.3, 0.4) is 0 Å². The van der Waals surface area contributed by atoms with E-state index in [1.807, 2.05) is 19.1 Å². The summed E-state index contributed by atoms with van der Waals surface area (Å²) in [6, 6.07) is 6.64. The van der Waals surface area contributed by atoms with E-state index in [1.165, 1.54) is 0 Å². The Hall–Kier alpha value is -0.890. The largest absolute Gasteiger partial charge is 0.375 e. The van der Waals surface area contributed by atoms with Gasteiger partial charge in [0.05, 0.1) is 12.3 Å². The molecule has 53 valence electrons. The number of nitrogens with zero attached hydrogens (tertiary/aromatic N) is 1. The van der Waals surface area contributed by atoms with Gasteiger partial charge in [0.1, 0.15) is 0 Å². The summed E-state index contributed by atoms with van der Waals surface area (Å²) in [5.41, 5.74) is 0.865.